The minimum Gasteiger partial charge on any atom is -0.506 e. The number of aromatic amines is 1. The number of benzene rings is 3. The van der Waals surface area contributed by atoms with Crippen LogP contribution in [0.1, 0.15) is 5.56 Å². The van der Waals surface area contributed by atoms with E-state index < -0.39 is 5.56 Å². The fourth-order valence-corrected chi connectivity index (χ4v) is 3.66. The van der Waals surface area contributed by atoms with Gasteiger partial charge in [0, 0.05) is 17.0 Å². The van der Waals surface area contributed by atoms with Crippen molar-refractivity contribution in [1.82, 2.24) is 9.88 Å². The van der Waals surface area contributed by atoms with Crippen LogP contribution in [0.15, 0.2) is 71.5 Å². The fraction of sp³-hybridized carbons (Fsp3) is 0.160. The molecule has 4 aromatic rings. The highest BCUT2D eigenvalue weighted by atomic mass is 35.5. The summed E-state index contributed by atoms with van der Waals surface area (Å²) in [5.74, 6) is 1.22. The maximum atomic E-state index is 12.7. The molecule has 0 aliphatic heterocycles. The lowest BCUT2D eigenvalue weighted by atomic mass is 10.0. The lowest BCUT2D eigenvalue weighted by Gasteiger charge is -2.12. The summed E-state index contributed by atoms with van der Waals surface area (Å²) < 4.78 is 6.05. The van der Waals surface area contributed by atoms with E-state index in [1.165, 1.54) is 5.56 Å². The average molecular weight is 435 g/mol. The molecule has 3 aromatic carbocycles. The molecular weight excluding hydrogens is 412 g/mol. The van der Waals surface area contributed by atoms with Crippen LogP contribution in [0.4, 0.5) is 0 Å². The molecule has 2 N–H and O–H groups in total. The van der Waals surface area contributed by atoms with Crippen molar-refractivity contribution in [3.8, 4) is 28.4 Å². The van der Waals surface area contributed by atoms with Gasteiger partial charge in [-0.25, -0.2) is 0 Å². The van der Waals surface area contributed by atoms with Gasteiger partial charge in [-0.3, -0.25) is 4.79 Å². The van der Waals surface area contributed by atoms with E-state index in [1.807, 2.05) is 38.4 Å². The Hall–Kier alpha value is -3.28. The maximum absolute atomic E-state index is 12.7. The second-order valence-electron chi connectivity index (χ2n) is 7.70. The molecule has 31 heavy (non-hydrogen) atoms. The Morgan fingerprint density at radius 2 is 1.74 bits per heavy atom. The zero-order valence-corrected chi connectivity index (χ0v) is 18.1. The van der Waals surface area contributed by atoms with Gasteiger partial charge < -0.3 is 19.7 Å². The highest BCUT2D eigenvalue weighted by Gasteiger charge is 2.15. The van der Waals surface area contributed by atoms with Crippen LogP contribution in [0, 0.1) is 0 Å². The molecule has 0 saturated heterocycles. The minimum absolute atomic E-state index is 0.0850. The normalized spacial score (nSPS) is 11.2. The predicted molar refractivity (Wildman–Crippen MR) is 125 cm³/mol. The number of aromatic hydroxyl groups is 1. The summed E-state index contributed by atoms with van der Waals surface area (Å²) in [6, 6.07) is 20.1. The summed E-state index contributed by atoms with van der Waals surface area (Å²) in [7, 11) is 4.09. The number of pyridine rings is 1. The van der Waals surface area contributed by atoms with Crippen molar-refractivity contribution in [1.29, 1.82) is 0 Å². The largest absolute Gasteiger partial charge is 0.506 e. The summed E-state index contributed by atoms with van der Waals surface area (Å²) in [5, 5.41) is 11.8. The zero-order chi connectivity index (χ0) is 22.0. The number of ether oxygens (including phenoxy) is 1. The molecule has 0 radical (unpaired) electrons. The van der Waals surface area contributed by atoms with Crippen molar-refractivity contribution in [3.05, 3.63) is 87.7 Å². The third-order valence-corrected chi connectivity index (χ3v) is 5.29. The Morgan fingerprint density at radius 1 is 1.00 bits per heavy atom. The molecular formula is C25H23ClN2O3. The number of likely N-dealkylation sites (N-methyl/N-ethyl adjacent to an activating group) is 1. The summed E-state index contributed by atoms with van der Waals surface area (Å²) in [5.41, 5.74) is 2.04. The van der Waals surface area contributed by atoms with E-state index in [4.69, 9.17) is 16.3 Å². The first-order valence-corrected chi connectivity index (χ1v) is 10.3. The van der Waals surface area contributed by atoms with Gasteiger partial charge in [0.1, 0.15) is 17.2 Å². The second-order valence-corrected chi connectivity index (χ2v) is 8.13. The SMILES string of the molecule is CN(C)CCc1cccc(Oc2cccc(-c3c(O)c4ccc(Cl)cc4[nH]c3=O)c2)c1. The molecule has 6 heteroatoms. The molecule has 1 aromatic heterocycles. The topological polar surface area (TPSA) is 65.6 Å². The van der Waals surface area contributed by atoms with Crippen LogP contribution >= 0.6 is 11.6 Å². The van der Waals surface area contributed by atoms with Crippen molar-refractivity contribution < 1.29 is 9.84 Å². The summed E-state index contributed by atoms with van der Waals surface area (Å²) >= 11 is 6.00. The fourth-order valence-electron chi connectivity index (χ4n) is 3.49. The van der Waals surface area contributed by atoms with E-state index in [0.717, 1.165) is 18.7 Å². The van der Waals surface area contributed by atoms with Gasteiger partial charge in [0.2, 0.25) is 0 Å². The Balaban J connectivity index is 1.66. The van der Waals surface area contributed by atoms with Gasteiger partial charge in [-0.05, 0) is 74.1 Å². The Kier molecular flexibility index (Phi) is 5.98. The third kappa shape index (κ3) is 4.74. The number of H-pyrrole nitrogens is 1. The van der Waals surface area contributed by atoms with E-state index in [2.05, 4.69) is 16.0 Å². The van der Waals surface area contributed by atoms with E-state index in [1.54, 1.807) is 36.4 Å². The summed E-state index contributed by atoms with van der Waals surface area (Å²) in [6.45, 7) is 0.953. The van der Waals surface area contributed by atoms with E-state index in [-0.39, 0.29) is 11.3 Å². The number of fused-ring (bicyclic) bond motifs is 1. The molecule has 0 atom stereocenters. The second kappa shape index (κ2) is 8.84. The Labute approximate surface area is 185 Å². The first-order chi connectivity index (χ1) is 14.9. The van der Waals surface area contributed by atoms with Crippen LogP contribution in [-0.4, -0.2) is 35.6 Å². The maximum Gasteiger partial charge on any atom is 0.260 e. The van der Waals surface area contributed by atoms with Gasteiger partial charge in [-0.2, -0.15) is 0 Å². The van der Waals surface area contributed by atoms with E-state index in [0.29, 0.717) is 27.2 Å². The summed E-state index contributed by atoms with van der Waals surface area (Å²) in [6.07, 6.45) is 0.925. The molecule has 0 aliphatic carbocycles. The van der Waals surface area contributed by atoms with Crippen LogP contribution < -0.4 is 10.3 Å². The average Bonchev–Trinajstić information content (AvgIpc) is 2.72. The van der Waals surface area contributed by atoms with Gasteiger partial charge in [0.05, 0.1) is 11.1 Å². The van der Waals surface area contributed by atoms with Gasteiger partial charge in [0.25, 0.3) is 5.56 Å². The highest BCUT2D eigenvalue weighted by Crippen LogP contribution is 2.35. The first-order valence-electron chi connectivity index (χ1n) is 9.97. The van der Waals surface area contributed by atoms with E-state index in [9.17, 15) is 9.90 Å². The zero-order valence-electron chi connectivity index (χ0n) is 17.4. The number of hydrogen-bond donors (Lipinski definition) is 2. The van der Waals surface area contributed by atoms with Crippen LogP contribution in [0.5, 0.6) is 17.2 Å². The minimum atomic E-state index is -0.393. The van der Waals surface area contributed by atoms with Crippen molar-refractivity contribution in [2.24, 2.45) is 0 Å². The van der Waals surface area contributed by atoms with Crippen molar-refractivity contribution in [2.75, 3.05) is 20.6 Å². The highest BCUT2D eigenvalue weighted by molar-refractivity contribution is 6.31. The van der Waals surface area contributed by atoms with Crippen LogP contribution in [0.25, 0.3) is 22.0 Å². The number of rotatable bonds is 6. The number of aromatic nitrogens is 1. The van der Waals surface area contributed by atoms with Crippen molar-refractivity contribution in [2.45, 2.75) is 6.42 Å². The first kappa shape index (κ1) is 21.0. The molecule has 0 fully saturated rings. The van der Waals surface area contributed by atoms with Crippen LogP contribution in [0.2, 0.25) is 5.02 Å². The van der Waals surface area contributed by atoms with E-state index >= 15 is 0 Å². The molecule has 0 saturated carbocycles. The lowest BCUT2D eigenvalue weighted by Crippen LogP contribution is -2.14. The third-order valence-electron chi connectivity index (χ3n) is 5.05. The number of halogens is 1. The van der Waals surface area contributed by atoms with Crippen LogP contribution in [0.3, 0.4) is 0 Å². The predicted octanol–water partition coefficient (Wildman–Crippen LogP) is 5.45. The molecule has 1 heterocycles. The quantitative estimate of drug-likeness (QED) is 0.423. The molecule has 0 bridgehead atoms. The molecule has 0 aliphatic rings. The Bertz CT molecular complexity index is 1300. The van der Waals surface area contributed by atoms with Gasteiger partial charge in [0.15, 0.2) is 0 Å². The number of hydrogen-bond acceptors (Lipinski definition) is 4. The molecule has 4 rings (SSSR count). The van der Waals surface area contributed by atoms with Crippen molar-refractivity contribution in [3.63, 3.8) is 0 Å². The summed E-state index contributed by atoms with van der Waals surface area (Å²) in [4.78, 5) is 17.6. The van der Waals surface area contributed by atoms with Crippen molar-refractivity contribution >= 4 is 22.5 Å². The monoisotopic (exact) mass is 434 g/mol. The van der Waals surface area contributed by atoms with Crippen LogP contribution in [-0.2, 0) is 6.42 Å². The molecule has 5 nitrogen and oxygen atoms in total. The number of nitrogens with zero attached hydrogens (tertiary/aromatic N) is 1. The molecule has 0 amide bonds. The van der Waals surface area contributed by atoms with Gasteiger partial charge in [-0.15, -0.1) is 0 Å². The number of nitrogens with one attached hydrogen (secondary N) is 1. The van der Waals surface area contributed by atoms with Gasteiger partial charge in [-0.1, -0.05) is 35.9 Å². The molecule has 0 unspecified atom stereocenters. The smallest absolute Gasteiger partial charge is 0.260 e. The van der Waals surface area contributed by atoms with Gasteiger partial charge >= 0.3 is 0 Å². The lowest BCUT2D eigenvalue weighted by molar-refractivity contribution is 0.413. The standard InChI is InChI=1S/C25H23ClN2O3/c1-28(2)12-11-16-5-3-7-19(13-16)31-20-8-4-6-17(14-20)23-24(29)21-10-9-18(26)15-22(21)27-25(23)30/h3-10,13-15H,11-12H2,1-2H3,(H2,27,29,30). The molecule has 158 valence electrons. The Morgan fingerprint density at radius 3 is 2.52 bits per heavy atom. The molecule has 0 spiro atoms.